The smallest absolute Gasteiger partial charge is 0.234 e. The topological polar surface area (TPSA) is 49.3 Å². The first-order chi connectivity index (χ1) is 8.93. The number of benzene rings is 1. The quantitative estimate of drug-likeness (QED) is 0.745. The third-order valence-corrected chi connectivity index (χ3v) is 4.97. The first kappa shape index (κ1) is 17.0. The second-order valence-electron chi connectivity index (χ2n) is 4.29. The number of nitrogens with one attached hydrogen (secondary N) is 1. The number of thioether (sulfide) groups is 1. The summed E-state index contributed by atoms with van der Waals surface area (Å²) in [5, 5.41) is 12.0. The summed E-state index contributed by atoms with van der Waals surface area (Å²) in [4.78, 5) is 11.9. The van der Waals surface area contributed by atoms with Crippen molar-refractivity contribution in [1.29, 1.82) is 0 Å². The summed E-state index contributed by atoms with van der Waals surface area (Å²) in [5.74, 6) is 0.341. The Kier molecular flexibility index (Phi) is 7.42. The molecule has 0 aliphatic carbocycles. The van der Waals surface area contributed by atoms with E-state index in [-0.39, 0.29) is 17.8 Å². The Hall–Kier alpha value is -0.0400. The molecule has 0 saturated carbocycles. The van der Waals surface area contributed by atoms with Crippen molar-refractivity contribution in [2.75, 3.05) is 17.7 Å². The molecular weight excluding hydrogens is 394 g/mol. The highest BCUT2D eigenvalue weighted by molar-refractivity contribution is 9.11. The molecule has 1 amide bonds. The average molecular weight is 411 g/mol. The van der Waals surface area contributed by atoms with Gasteiger partial charge in [-0.1, -0.05) is 6.92 Å². The van der Waals surface area contributed by atoms with Gasteiger partial charge in [0.1, 0.15) is 0 Å². The predicted octanol–water partition coefficient (Wildman–Crippen LogP) is 3.96. The van der Waals surface area contributed by atoms with Crippen molar-refractivity contribution in [1.82, 2.24) is 0 Å². The summed E-state index contributed by atoms with van der Waals surface area (Å²) in [6, 6.07) is 3.92. The first-order valence-corrected chi connectivity index (χ1v) is 8.55. The maximum absolute atomic E-state index is 11.9. The van der Waals surface area contributed by atoms with E-state index in [0.29, 0.717) is 12.2 Å². The molecule has 0 aromatic heterocycles. The zero-order chi connectivity index (χ0) is 14.4. The third kappa shape index (κ3) is 5.85. The zero-order valence-corrected chi connectivity index (χ0v) is 14.9. The molecule has 1 atom stereocenters. The van der Waals surface area contributed by atoms with Crippen LogP contribution in [-0.2, 0) is 4.79 Å². The van der Waals surface area contributed by atoms with Gasteiger partial charge in [-0.15, -0.1) is 11.8 Å². The largest absolute Gasteiger partial charge is 0.396 e. The number of rotatable bonds is 6. The number of anilines is 1. The minimum atomic E-state index is -0.0416. The van der Waals surface area contributed by atoms with Gasteiger partial charge in [-0.05, 0) is 62.9 Å². The van der Waals surface area contributed by atoms with Crippen molar-refractivity contribution in [2.45, 2.75) is 25.5 Å². The van der Waals surface area contributed by atoms with Crippen molar-refractivity contribution in [2.24, 2.45) is 0 Å². The lowest BCUT2D eigenvalue weighted by molar-refractivity contribution is -0.113. The van der Waals surface area contributed by atoms with Crippen molar-refractivity contribution in [3.63, 3.8) is 0 Å². The Morgan fingerprint density at radius 2 is 2.00 bits per heavy atom. The summed E-state index contributed by atoms with van der Waals surface area (Å²) in [5.41, 5.74) is 1.87. The summed E-state index contributed by atoms with van der Waals surface area (Å²) >= 11 is 8.43. The lowest BCUT2D eigenvalue weighted by Crippen LogP contribution is -2.17. The van der Waals surface area contributed by atoms with Gasteiger partial charge in [0.05, 0.1) is 11.4 Å². The van der Waals surface area contributed by atoms with E-state index >= 15 is 0 Å². The second-order valence-corrected chi connectivity index (χ2v) is 7.42. The minimum Gasteiger partial charge on any atom is -0.396 e. The SMILES string of the molecule is Cc1cc(Br)c(NC(=O)CSC(C)CCO)c(Br)c1. The average Bonchev–Trinajstić information content (AvgIpc) is 2.31. The summed E-state index contributed by atoms with van der Waals surface area (Å²) < 4.78 is 1.72. The Balaban J connectivity index is 2.58. The van der Waals surface area contributed by atoms with Crippen LogP contribution in [0.5, 0.6) is 0 Å². The number of amides is 1. The van der Waals surface area contributed by atoms with Crippen LogP contribution in [0.2, 0.25) is 0 Å². The molecule has 3 nitrogen and oxygen atoms in total. The van der Waals surface area contributed by atoms with Gasteiger partial charge in [-0.3, -0.25) is 4.79 Å². The summed E-state index contributed by atoms with van der Waals surface area (Å²) in [7, 11) is 0. The molecular formula is C13H17Br2NO2S. The molecule has 1 rings (SSSR count). The Morgan fingerprint density at radius 3 is 2.53 bits per heavy atom. The third-order valence-electron chi connectivity index (χ3n) is 2.49. The van der Waals surface area contributed by atoms with Gasteiger partial charge in [0, 0.05) is 20.8 Å². The highest BCUT2D eigenvalue weighted by Gasteiger charge is 2.11. The van der Waals surface area contributed by atoms with Crippen LogP contribution in [0.4, 0.5) is 5.69 Å². The van der Waals surface area contributed by atoms with E-state index in [1.807, 2.05) is 26.0 Å². The van der Waals surface area contributed by atoms with Crippen LogP contribution < -0.4 is 5.32 Å². The van der Waals surface area contributed by atoms with E-state index in [9.17, 15) is 4.79 Å². The van der Waals surface area contributed by atoms with Gasteiger partial charge in [-0.25, -0.2) is 0 Å². The van der Waals surface area contributed by atoms with Gasteiger partial charge in [-0.2, -0.15) is 0 Å². The molecule has 1 aromatic rings. The van der Waals surface area contributed by atoms with Crippen LogP contribution >= 0.6 is 43.6 Å². The van der Waals surface area contributed by atoms with Gasteiger partial charge in [0.15, 0.2) is 0 Å². The molecule has 0 aliphatic heterocycles. The van der Waals surface area contributed by atoms with Crippen molar-refractivity contribution in [3.05, 3.63) is 26.6 Å². The fourth-order valence-corrected chi connectivity index (χ4v) is 3.87. The second kappa shape index (κ2) is 8.29. The van der Waals surface area contributed by atoms with Gasteiger partial charge >= 0.3 is 0 Å². The molecule has 2 N–H and O–H groups in total. The fourth-order valence-electron chi connectivity index (χ4n) is 1.48. The lowest BCUT2D eigenvalue weighted by atomic mass is 10.2. The standard InChI is InChI=1S/C13H17Br2NO2S/c1-8-5-10(14)13(11(15)6-8)16-12(18)7-19-9(2)3-4-17/h5-6,9,17H,3-4,7H2,1-2H3,(H,16,18). The van der Waals surface area contributed by atoms with Crippen LogP contribution in [0.15, 0.2) is 21.1 Å². The van der Waals surface area contributed by atoms with E-state index in [0.717, 1.165) is 20.2 Å². The number of aliphatic hydroxyl groups is 1. The molecule has 1 unspecified atom stereocenters. The predicted molar refractivity (Wildman–Crippen MR) is 88.8 cm³/mol. The van der Waals surface area contributed by atoms with E-state index in [1.54, 1.807) is 11.8 Å². The highest BCUT2D eigenvalue weighted by Crippen LogP contribution is 2.32. The van der Waals surface area contributed by atoms with Crippen molar-refractivity contribution in [3.8, 4) is 0 Å². The highest BCUT2D eigenvalue weighted by atomic mass is 79.9. The molecule has 19 heavy (non-hydrogen) atoms. The molecule has 106 valence electrons. The molecule has 0 heterocycles. The number of aliphatic hydroxyl groups excluding tert-OH is 1. The molecule has 0 fully saturated rings. The number of halogens is 2. The maximum atomic E-state index is 11.9. The minimum absolute atomic E-state index is 0.0416. The molecule has 0 spiro atoms. The molecule has 6 heteroatoms. The van der Waals surface area contributed by atoms with Gasteiger partial charge in [0.25, 0.3) is 0 Å². The molecule has 0 aliphatic rings. The van der Waals surface area contributed by atoms with Crippen LogP contribution in [0, 0.1) is 6.92 Å². The molecule has 1 aromatic carbocycles. The maximum Gasteiger partial charge on any atom is 0.234 e. The molecule has 0 bridgehead atoms. The van der Waals surface area contributed by atoms with Gasteiger partial charge < -0.3 is 10.4 Å². The first-order valence-electron chi connectivity index (χ1n) is 5.92. The molecule has 0 saturated heterocycles. The Labute approximate surface area is 134 Å². The van der Waals surface area contributed by atoms with Gasteiger partial charge in [0.2, 0.25) is 5.91 Å². The number of hydrogen-bond donors (Lipinski definition) is 2. The van der Waals surface area contributed by atoms with Crippen molar-refractivity contribution >= 4 is 55.2 Å². The fraction of sp³-hybridized carbons (Fsp3) is 0.462. The summed E-state index contributed by atoms with van der Waals surface area (Å²) in [6.45, 7) is 4.16. The number of hydrogen-bond acceptors (Lipinski definition) is 3. The summed E-state index contributed by atoms with van der Waals surface area (Å²) in [6.07, 6.45) is 0.704. The van der Waals surface area contributed by atoms with Crippen LogP contribution in [0.3, 0.4) is 0 Å². The van der Waals surface area contributed by atoms with Crippen LogP contribution in [0.1, 0.15) is 18.9 Å². The number of aryl methyl sites for hydroxylation is 1. The molecule has 0 radical (unpaired) electrons. The number of carbonyl (C=O) groups excluding carboxylic acids is 1. The monoisotopic (exact) mass is 409 g/mol. The Bertz CT molecular complexity index is 431. The number of carbonyl (C=O) groups is 1. The van der Waals surface area contributed by atoms with E-state index < -0.39 is 0 Å². The Morgan fingerprint density at radius 1 is 1.42 bits per heavy atom. The van der Waals surface area contributed by atoms with E-state index in [4.69, 9.17) is 5.11 Å². The van der Waals surface area contributed by atoms with Crippen LogP contribution in [-0.4, -0.2) is 28.6 Å². The zero-order valence-electron chi connectivity index (χ0n) is 10.9. The van der Waals surface area contributed by atoms with E-state index in [1.165, 1.54) is 0 Å². The van der Waals surface area contributed by atoms with Crippen LogP contribution in [0.25, 0.3) is 0 Å². The van der Waals surface area contributed by atoms with E-state index in [2.05, 4.69) is 37.2 Å². The van der Waals surface area contributed by atoms with Crippen molar-refractivity contribution < 1.29 is 9.90 Å². The lowest BCUT2D eigenvalue weighted by Gasteiger charge is -2.12. The normalized spacial score (nSPS) is 12.3.